The number of amides is 3. The van der Waals surface area contributed by atoms with Gasteiger partial charge in [0.05, 0.1) is 13.7 Å². The molecule has 30 heavy (non-hydrogen) atoms. The van der Waals surface area contributed by atoms with Gasteiger partial charge in [-0.1, -0.05) is 12.1 Å². The first-order chi connectivity index (χ1) is 14.5. The normalized spacial score (nSPS) is 15.5. The van der Waals surface area contributed by atoms with Gasteiger partial charge in [0.15, 0.2) is 0 Å². The summed E-state index contributed by atoms with van der Waals surface area (Å²) in [6.07, 6.45) is 3.57. The molecular formula is C21H30N6O3. The maximum absolute atomic E-state index is 13.0. The van der Waals surface area contributed by atoms with Crippen LogP contribution >= 0.6 is 0 Å². The van der Waals surface area contributed by atoms with Crippen LogP contribution in [0.15, 0.2) is 36.7 Å². The van der Waals surface area contributed by atoms with Gasteiger partial charge in [0, 0.05) is 52.2 Å². The van der Waals surface area contributed by atoms with E-state index < -0.39 is 6.04 Å². The predicted octanol–water partition coefficient (Wildman–Crippen LogP) is 0.981. The number of imidazole rings is 1. The highest BCUT2D eigenvalue weighted by Crippen LogP contribution is 2.24. The van der Waals surface area contributed by atoms with Crippen molar-refractivity contribution in [2.24, 2.45) is 7.05 Å². The minimum atomic E-state index is -0.402. The van der Waals surface area contributed by atoms with Gasteiger partial charge in [-0.25, -0.2) is 9.78 Å². The van der Waals surface area contributed by atoms with Crippen LogP contribution in [0.5, 0.6) is 5.75 Å². The molecule has 0 bridgehead atoms. The van der Waals surface area contributed by atoms with Crippen molar-refractivity contribution in [2.45, 2.75) is 13.0 Å². The van der Waals surface area contributed by atoms with Crippen LogP contribution in [0.3, 0.4) is 0 Å². The Labute approximate surface area is 177 Å². The Morgan fingerprint density at radius 1 is 1.23 bits per heavy atom. The molecule has 1 fully saturated rings. The van der Waals surface area contributed by atoms with Crippen molar-refractivity contribution < 1.29 is 14.3 Å². The zero-order valence-electron chi connectivity index (χ0n) is 17.8. The van der Waals surface area contributed by atoms with Crippen molar-refractivity contribution >= 4 is 11.9 Å². The van der Waals surface area contributed by atoms with Crippen LogP contribution in [0.2, 0.25) is 0 Å². The molecule has 1 atom stereocenters. The number of nitrogens with zero attached hydrogens (tertiary/aromatic N) is 4. The molecule has 162 valence electrons. The number of ether oxygens (including phenoxy) is 1. The summed E-state index contributed by atoms with van der Waals surface area (Å²) < 4.78 is 7.24. The van der Waals surface area contributed by atoms with Crippen molar-refractivity contribution in [1.82, 2.24) is 30.0 Å². The van der Waals surface area contributed by atoms with Gasteiger partial charge in [-0.2, -0.15) is 0 Å². The molecule has 3 amide bonds. The number of hydrogen-bond donors (Lipinski definition) is 2. The predicted molar refractivity (Wildman–Crippen MR) is 113 cm³/mol. The summed E-state index contributed by atoms with van der Waals surface area (Å²) in [4.78, 5) is 33.1. The van der Waals surface area contributed by atoms with E-state index in [1.165, 1.54) is 0 Å². The van der Waals surface area contributed by atoms with Gasteiger partial charge in [0.1, 0.15) is 17.6 Å². The summed E-state index contributed by atoms with van der Waals surface area (Å²) in [6.45, 7) is 5.35. The van der Waals surface area contributed by atoms with Gasteiger partial charge in [0.2, 0.25) is 5.91 Å². The third-order valence-corrected chi connectivity index (χ3v) is 5.21. The molecule has 3 rings (SSSR count). The molecule has 0 aliphatic carbocycles. The fourth-order valence-corrected chi connectivity index (χ4v) is 3.55. The van der Waals surface area contributed by atoms with Crippen molar-refractivity contribution in [3.63, 3.8) is 0 Å². The zero-order valence-corrected chi connectivity index (χ0v) is 17.8. The van der Waals surface area contributed by atoms with Crippen molar-refractivity contribution in [3.05, 3.63) is 48.0 Å². The standard InChI is InChI=1S/C21H30N6O3/c1-4-22-18(28)15-26-10-12-27(13-11-26)21(29)24-19(20-23-8-9-25(20)2)16-6-5-7-17(14-16)30-3/h5-9,14,19H,4,10-13,15H2,1-3H3,(H,22,28)(H,24,29). The number of rotatable bonds is 7. The largest absolute Gasteiger partial charge is 0.497 e. The number of aryl methyl sites for hydroxylation is 1. The monoisotopic (exact) mass is 414 g/mol. The van der Waals surface area contributed by atoms with E-state index in [2.05, 4.69) is 20.5 Å². The third-order valence-electron chi connectivity index (χ3n) is 5.21. The number of likely N-dealkylation sites (N-methyl/N-ethyl adjacent to an activating group) is 1. The van der Waals surface area contributed by atoms with E-state index in [4.69, 9.17) is 4.74 Å². The second kappa shape index (κ2) is 10.1. The Morgan fingerprint density at radius 3 is 2.63 bits per heavy atom. The summed E-state index contributed by atoms with van der Waals surface area (Å²) in [5, 5.41) is 5.93. The number of piperazine rings is 1. The summed E-state index contributed by atoms with van der Waals surface area (Å²) in [7, 11) is 3.52. The highest BCUT2D eigenvalue weighted by atomic mass is 16.5. The lowest BCUT2D eigenvalue weighted by Crippen LogP contribution is -2.54. The van der Waals surface area contributed by atoms with Gasteiger partial charge in [-0.3, -0.25) is 9.69 Å². The lowest BCUT2D eigenvalue weighted by atomic mass is 10.1. The Bertz CT molecular complexity index is 860. The lowest BCUT2D eigenvalue weighted by Gasteiger charge is -2.35. The molecule has 0 saturated carbocycles. The lowest BCUT2D eigenvalue weighted by molar-refractivity contribution is -0.122. The molecule has 0 spiro atoms. The van der Waals surface area contributed by atoms with Gasteiger partial charge >= 0.3 is 6.03 Å². The molecule has 0 radical (unpaired) electrons. The van der Waals surface area contributed by atoms with Crippen LogP contribution in [0.25, 0.3) is 0 Å². The average Bonchev–Trinajstić information content (AvgIpc) is 3.18. The van der Waals surface area contributed by atoms with E-state index in [-0.39, 0.29) is 11.9 Å². The summed E-state index contributed by atoms with van der Waals surface area (Å²) in [5.74, 6) is 1.48. The van der Waals surface area contributed by atoms with Crippen molar-refractivity contribution in [3.8, 4) is 5.75 Å². The molecule has 1 saturated heterocycles. The fraction of sp³-hybridized carbons (Fsp3) is 0.476. The molecule has 1 aliphatic rings. The Kier molecular flexibility index (Phi) is 7.29. The highest BCUT2D eigenvalue weighted by molar-refractivity contribution is 5.78. The molecule has 1 aromatic heterocycles. The fourth-order valence-electron chi connectivity index (χ4n) is 3.55. The Balaban J connectivity index is 1.67. The average molecular weight is 415 g/mol. The van der Waals surface area contributed by atoms with Crippen LogP contribution in [0.4, 0.5) is 4.79 Å². The second-order valence-corrected chi connectivity index (χ2v) is 7.27. The number of methoxy groups -OCH3 is 1. The van der Waals surface area contributed by atoms with Crippen molar-refractivity contribution in [1.29, 1.82) is 0 Å². The van der Waals surface area contributed by atoms with Crippen LogP contribution in [0.1, 0.15) is 24.4 Å². The molecule has 9 nitrogen and oxygen atoms in total. The molecular weight excluding hydrogens is 384 g/mol. The minimum absolute atomic E-state index is 0.0169. The van der Waals surface area contributed by atoms with Gasteiger partial charge in [0.25, 0.3) is 0 Å². The van der Waals surface area contributed by atoms with Gasteiger partial charge in [-0.15, -0.1) is 0 Å². The van der Waals surface area contributed by atoms with E-state index in [9.17, 15) is 9.59 Å². The minimum Gasteiger partial charge on any atom is -0.497 e. The number of hydrogen-bond acceptors (Lipinski definition) is 5. The van der Waals surface area contributed by atoms with Crippen LogP contribution in [0, 0.1) is 0 Å². The smallest absolute Gasteiger partial charge is 0.318 e. The number of carbonyl (C=O) groups is 2. The van der Waals surface area contributed by atoms with Gasteiger partial charge in [-0.05, 0) is 24.6 Å². The number of aromatic nitrogens is 2. The number of benzene rings is 1. The van der Waals surface area contributed by atoms with Crippen LogP contribution < -0.4 is 15.4 Å². The summed E-state index contributed by atoms with van der Waals surface area (Å²) in [6, 6.07) is 7.07. The first-order valence-corrected chi connectivity index (χ1v) is 10.2. The topological polar surface area (TPSA) is 91.7 Å². The first-order valence-electron chi connectivity index (χ1n) is 10.2. The summed E-state index contributed by atoms with van der Waals surface area (Å²) in [5.41, 5.74) is 0.895. The van der Waals surface area contributed by atoms with E-state index >= 15 is 0 Å². The molecule has 1 aliphatic heterocycles. The Morgan fingerprint density at radius 2 is 2.00 bits per heavy atom. The number of nitrogens with one attached hydrogen (secondary N) is 2. The quantitative estimate of drug-likeness (QED) is 0.705. The van der Waals surface area contributed by atoms with E-state index in [0.29, 0.717) is 39.3 Å². The Hall–Kier alpha value is -3.07. The number of urea groups is 1. The molecule has 1 unspecified atom stereocenters. The van der Waals surface area contributed by atoms with Crippen LogP contribution in [-0.2, 0) is 11.8 Å². The van der Waals surface area contributed by atoms with Crippen LogP contribution in [-0.4, -0.2) is 77.7 Å². The maximum atomic E-state index is 13.0. The SMILES string of the molecule is CCNC(=O)CN1CCN(C(=O)NC(c2cccc(OC)c2)c2nccn2C)CC1. The molecule has 2 heterocycles. The second-order valence-electron chi connectivity index (χ2n) is 7.27. The maximum Gasteiger partial charge on any atom is 0.318 e. The first kappa shape index (κ1) is 21.6. The summed E-state index contributed by atoms with van der Waals surface area (Å²) >= 11 is 0. The zero-order chi connectivity index (χ0) is 21.5. The van der Waals surface area contributed by atoms with E-state index in [0.717, 1.165) is 17.1 Å². The van der Waals surface area contributed by atoms with Gasteiger partial charge < -0.3 is 24.8 Å². The molecule has 2 N–H and O–H groups in total. The van der Waals surface area contributed by atoms with E-state index in [1.807, 2.05) is 49.0 Å². The molecule has 9 heteroatoms. The van der Waals surface area contributed by atoms with Crippen molar-refractivity contribution in [2.75, 3.05) is 46.4 Å². The number of carbonyl (C=O) groups excluding carboxylic acids is 2. The molecule has 2 aromatic rings. The third kappa shape index (κ3) is 5.29. The molecule has 1 aromatic carbocycles. The highest BCUT2D eigenvalue weighted by Gasteiger charge is 2.27. The van der Waals surface area contributed by atoms with E-state index in [1.54, 1.807) is 18.2 Å².